The van der Waals surface area contributed by atoms with Gasteiger partial charge in [0.05, 0.1) is 12.2 Å². The fraction of sp³-hybridized carbons (Fsp3) is 0.917. The van der Waals surface area contributed by atoms with E-state index in [4.69, 9.17) is 9.47 Å². The van der Waals surface area contributed by atoms with Crippen LogP contribution in [-0.2, 0) is 14.3 Å². The highest BCUT2D eigenvalue weighted by atomic mass is 16.5. The molecule has 100 valence electrons. The summed E-state index contributed by atoms with van der Waals surface area (Å²) in [6, 6.07) is 0. The van der Waals surface area contributed by atoms with Gasteiger partial charge in [-0.05, 0) is 20.3 Å². The zero-order chi connectivity index (χ0) is 12.9. The van der Waals surface area contributed by atoms with Crippen molar-refractivity contribution in [3.63, 3.8) is 0 Å². The number of nitrogens with one attached hydrogen (secondary N) is 1. The molecule has 0 aromatic carbocycles. The van der Waals surface area contributed by atoms with E-state index in [1.165, 1.54) is 0 Å². The first kappa shape index (κ1) is 14.4. The molecular formula is C12H23NO4. The Morgan fingerprint density at radius 2 is 2.41 bits per heavy atom. The van der Waals surface area contributed by atoms with Gasteiger partial charge in [-0.25, -0.2) is 0 Å². The number of rotatable bonds is 6. The van der Waals surface area contributed by atoms with Crippen LogP contribution in [-0.4, -0.2) is 49.1 Å². The zero-order valence-corrected chi connectivity index (χ0v) is 10.9. The van der Waals surface area contributed by atoms with Gasteiger partial charge in [0.15, 0.2) is 0 Å². The van der Waals surface area contributed by atoms with Crippen LogP contribution in [0.4, 0.5) is 0 Å². The van der Waals surface area contributed by atoms with Gasteiger partial charge in [0.25, 0.3) is 0 Å². The lowest BCUT2D eigenvalue weighted by Gasteiger charge is -2.26. The Kier molecular flexibility index (Phi) is 5.36. The molecule has 0 spiro atoms. The second-order valence-electron chi connectivity index (χ2n) is 4.73. The highest BCUT2D eigenvalue weighted by Crippen LogP contribution is 2.24. The van der Waals surface area contributed by atoms with Crippen molar-refractivity contribution in [1.29, 1.82) is 0 Å². The Bertz CT molecular complexity index is 259. The number of methoxy groups -OCH3 is 1. The van der Waals surface area contributed by atoms with E-state index in [2.05, 4.69) is 5.32 Å². The Morgan fingerprint density at radius 1 is 1.71 bits per heavy atom. The average Bonchev–Trinajstić information content (AvgIpc) is 2.64. The first-order valence-electron chi connectivity index (χ1n) is 6.11. The van der Waals surface area contributed by atoms with Crippen LogP contribution in [0.1, 0.15) is 33.1 Å². The molecule has 5 nitrogen and oxygen atoms in total. The van der Waals surface area contributed by atoms with E-state index in [9.17, 15) is 9.90 Å². The molecule has 5 heteroatoms. The van der Waals surface area contributed by atoms with Gasteiger partial charge >= 0.3 is 0 Å². The van der Waals surface area contributed by atoms with Gasteiger partial charge in [0.2, 0.25) is 5.91 Å². The average molecular weight is 245 g/mol. The monoisotopic (exact) mass is 245 g/mol. The lowest BCUT2D eigenvalue weighted by molar-refractivity contribution is -0.123. The topological polar surface area (TPSA) is 67.8 Å². The van der Waals surface area contributed by atoms with E-state index in [1.54, 1.807) is 7.11 Å². The third-order valence-electron chi connectivity index (χ3n) is 3.43. The van der Waals surface area contributed by atoms with Crippen LogP contribution < -0.4 is 5.32 Å². The maximum Gasteiger partial charge on any atom is 0.220 e. The largest absolute Gasteiger partial charge is 0.385 e. The third-order valence-corrected chi connectivity index (χ3v) is 3.43. The molecule has 0 saturated carbocycles. The standard InChI is InChI=1S/C12H23NO4/c1-9(16-3)4-5-11(14)13-8-12(15)6-7-17-10(12)2/h9-10,15H,4-8H2,1-3H3,(H,13,14). The molecule has 0 radical (unpaired) electrons. The first-order valence-corrected chi connectivity index (χ1v) is 6.11. The van der Waals surface area contributed by atoms with Crippen LogP contribution in [0.2, 0.25) is 0 Å². The molecule has 17 heavy (non-hydrogen) atoms. The predicted octanol–water partition coefficient (Wildman–Crippen LogP) is 0.458. The molecule has 1 fully saturated rings. The SMILES string of the molecule is COC(C)CCC(=O)NCC1(O)CCOC1C. The summed E-state index contributed by atoms with van der Waals surface area (Å²) in [7, 11) is 1.63. The maximum atomic E-state index is 11.6. The molecule has 1 rings (SSSR count). The number of hydrogen-bond acceptors (Lipinski definition) is 4. The van der Waals surface area contributed by atoms with Crippen molar-refractivity contribution < 1.29 is 19.4 Å². The van der Waals surface area contributed by atoms with E-state index in [0.29, 0.717) is 25.9 Å². The molecule has 2 N–H and O–H groups in total. The Labute approximate surface area is 102 Å². The van der Waals surface area contributed by atoms with Crippen molar-refractivity contribution in [2.24, 2.45) is 0 Å². The molecule has 0 aromatic rings. The minimum atomic E-state index is -0.914. The second kappa shape index (κ2) is 6.33. The lowest BCUT2D eigenvalue weighted by Crippen LogP contribution is -2.47. The molecule has 1 heterocycles. The van der Waals surface area contributed by atoms with Crippen molar-refractivity contribution in [2.75, 3.05) is 20.3 Å². The summed E-state index contributed by atoms with van der Waals surface area (Å²) >= 11 is 0. The van der Waals surface area contributed by atoms with Crippen LogP contribution >= 0.6 is 0 Å². The van der Waals surface area contributed by atoms with Gasteiger partial charge in [-0.3, -0.25) is 4.79 Å². The van der Waals surface area contributed by atoms with Crippen molar-refractivity contribution in [3.8, 4) is 0 Å². The van der Waals surface area contributed by atoms with Gasteiger partial charge in [-0.1, -0.05) is 0 Å². The van der Waals surface area contributed by atoms with Crippen molar-refractivity contribution in [3.05, 3.63) is 0 Å². The van der Waals surface area contributed by atoms with Gasteiger partial charge in [0.1, 0.15) is 5.60 Å². The van der Waals surface area contributed by atoms with Crippen LogP contribution in [0.3, 0.4) is 0 Å². The summed E-state index contributed by atoms with van der Waals surface area (Å²) in [4.78, 5) is 11.6. The van der Waals surface area contributed by atoms with E-state index >= 15 is 0 Å². The number of carbonyl (C=O) groups is 1. The van der Waals surface area contributed by atoms with Gasteiger partial charge in [-0.2, -0.15) is 0 Å². The molecule has 1 saturated heterocycles. The molecule has 1 aliphatic rings. The Morgan fingerprint density at radius 3 is 2.94 bits per heavy atom. The van der Waals surface area contributed by atoms with E-state index in [0.717, 1.165) is 0 Å². The van der Waals surface area contributed by atoms with E-state index in [-0.39, 0.29) is 24.7 Å². The van der Waals surface area contributed by atoms with Crippen molar-refractivity contribution in [2.45, 2.75) is 50.9 Å². The van der Waals surface area contributed by atoms with Crippen LogP contribution in [0.25, 0.3) is 0 Å². The van der Waals surface area contributed by atoms with Crippen LogP contribution in [0.15, 0.2) is 0 Å². The number of aliphatic hydroxyl groups is 1. The third kappa shape index (κ3) is 4.26. The van der Waals surface area contributed by atoms with Crippen molar-refractivity contribution >= 4 is 5.91 Å². The number of hydrogen-bond donors (Lipinski definition) is 2. The Balaban J connectivity index is 2.23. The fourth-order valence-electron chi connectivity index (χ4n) is 1.80. The predicted molar refractivity (Wildman–Crippen MR) is 63.7 cm³/mol. The zero-order valence-electron chi connectivity index (χ0n) is 10.9. The van der Waals surface area contributed by atoms with Crippen LogP contribution in [0.5, 0.6) is 0 Å². The number of carbonyl (C=O) groups excluding carboxylic acids is 1. The molecule has 0 bridgehead atoms. The highest BCUT2D eigenvalue weighted by Gasteiger charge is 2.39. The molecule has 1 aliphatic heterocycles. The highest BCUT2D eigenvalue weighted by molar-refractivity contribution is 5.75. The smallest absolute Gasteiger partial charge is 0.220 e. The quantitative estimate of drug-likeness (QED) is 0.713. The number of amides is 1. The minimum absolute atomic E-state index is 0.0542. The summed E-state index contributed by atoms with van der Waals surface area (Å²) in [5.74, 6) is -0.0542. The normalized spacial score (nSPS) is 30.2. The molecule has 0 aromatic heterocycles. The molecule has 1 amide bonds. The minimum Gasteiger partial charge on any atom is -0.385 e. The summed E-state index contributed by atoms with van der Waals surface area (Å²) in [6.45, 7) is 4.56. The van der Waals surface area contributed by atoms with Crippen LogP contribution in [0, 0.1) is 0 Å². The summed E-state index contributed by atoms with van der Waals surface area (Å²) in [5, 5.41) is 12.9. The second-order valence-corrected chi connectivity index (χ2v) is 4.73. The number of ether oxygens (including phenoxy) is 2. The van der Waals surface area contributed by atoms with E-state index < -0.39 is 5.60 Å². The van der Waals surface area contributed by atoms with Gasteiger partial charge in [0, 0.05) is 33.1 Å². The van der Waals surface area contributed by atoms with Gasteiger partial charge in [-0.15, -0.1) is 0 Å². The van der Waals surface area contributed by atoms with Crippen molar-refractivity contribution in [1.82, 2.24) is 5.32 Å². The fourth-order valence-corrected chi connectivity index (χ4v) is 1.80. The summed E-state index contributed by atoms with van der Waals surface area (Å²) in [6.07, 6.45) is 1.54. The molecular weight excluding hydrogens is 222 g/mol. The molecule has 3 atom stereocenters. The molecule has 0 aliphatic carbocycles. The first-order chi connectivity index (χ1) is 7.98. The summed E-state index contributed by atoms with van der Waals surface area (Å²) < 4.78 is 10.4. The van der Waals surface area contributed by atoms with E-state index in [1.807, 2.05) is 13.8 Å². The summed E-state index contributed by atoms with van der Waals surface area (Å²) in [5.41, 5.74) is -0.914. The lowest BCUT2D eigenvalue weighted by atomic mass is 9.96. The van der Waals surface area contributed by atoms with Gasteiger partial charge < -0.3 is 19.9 Å². The Hall–Kier alpha value is -0.650. The molecule has 3 unspecified atom stereocenters. The maximum absolute atomic E-state index is 11.6.